The number of halogens is 3. The van der Waals surface area contributed by atoms with Crippen LogP contribution in [-0.4, -0.2) is 26.2 Å². The van der Waals surface area contributed by atoms with Crippen molar-refractivity contribution in [3.8, 4) is 22.9 Å². The summed E-state index contributed by atoms with van der Waals surface area (Å²) in [5.41, 5.74) is 5.04. The second kappa shape index (κ2) is 11.7. The van der Waals surface area contributed by atoms with E-state index in [-0.39, 0.29) is 17.4 Å². The first kappa shape index (κ1) is 28.9. The lowest BCUT2D eigenvalue weighted by Crippen LogP contribution is -2.19. The van der Waals surface area contributed by atoms with E-state index in [0.29, 0.717) is 11.6 Å². The molecule has 5 aromatic rings. The summed E-state index contributed by atoms with van der Waals surface area (Å²) in [7, 11) is 0. The van der Waals surface area contributed by atoms with E-state index >= 15 is 0 Å². The van der Waals surface area contributed by atoms with Crippen molar-refractivity contribution in [1.29, 1.82) is 0 Å². The highest BCUT2D eigenvalue weighted by molar-refractivity contribution is 5.98. The predicted octanol–water partition coefficient (Wildman–Crippen LogP) is 7.37. The van der Waals surface area contributed by atoms with Crippen LogP contribution in [0.25, 0.3) is 11.4 Å². The molecule has 9 nitrogen and oxygen atoms in total. The fraction of sp³-hybridized carbons (Fsp3) is 0.0968. The molecule has 0 radical (unpaired) electrons. The molecule has 0 unspecified atom stereocenters. The van der Waals surface area contributed by atoms with Gasteiger partial charge in [-0.3, -0.25) is 14.9 Å². The number of hydrogen-bond acceptors (Lipinski definition) is 5. The number of nitro groups is 1. The van der Waals surface area contributed by atoms with Gasteiger partial charge in [0.25, 0.3) is 5.91 Å². The van der Waals surface area contributed by atoms with Crippen LogP contribution in [0.15, 0.2) is 102 Å². The van der Waals surface area contributed by atoms with E-state index in [4.69, 9.17) is 4.74 Å². The highest BCUT2D eigenvalue weighted by Gasteiger charge is 2.33. The van der Waals surface area contributed by atoms with Gasteiger partial charge in [0, 0.05) is 41.1 Å². The number of hydrazone groups is 1. The van der Waals surface area contributed by atoms with Crippen LogP contribution in [0.4, 0.5) is 18.9 Å². The molecule has 12 heteroatoms. The zero-order chi connectivity index (χ0) is 30.7. The van der Waals surface area contributed by atoms with Crippen LogP contribution < -0.4 is 10.2 Å². The smallest absolute Gasteiger partial charge is 0.416 e. The standard InChI is InChI=1S/C31H24F3N5O4/c1-20-17-22(19-35-36-30(40)26-7-3-4-8-27(26)37-15-5-6-16-37)21(2)38(20)24-10-12-25(13-11-24)43-29-14-9-23(31(32,33)34)18-28(29)39(41)42/h3-19H,1-2H3,(H,36,40)/b35-19-. The van der Waals surface area contributed by atoms with Crippen molar-refractivity contribution < 1.29 is 27.6 Å². The van der Waals surface area contributed by atoms with Gasteiger partial charge in [0.15, 0.2) is 0 Å². The number of aryl methyl sites for hydroxylation is 1. The number of rotatable bonds is 8. The molecule has 1 N–H and O–H groups in total. The minimum absolute atomic E-state index is 0.207. The highest BCUT2D eigenvalue weighted by Crippen LogP contribution is 2.38. The number of alkyl halides is 3. The lowest BCUT2D eigenvalue weighted by atomic mass is 10.1. The molecule has 43 heavy (non-hydrogen) atoms. The molecule has 1 amide bonds. The fourth-order valence-electron chi connectivity index (χ4n) is 4.64. The molecule has 0 spiro atoms. The number of nitrogens with one attached hydrogen (secondary N) is 1. The average molecular weight is 588 g/mol. The van der Waals surface area contributed by atoms with Gasteiger partial charge in [0.1, 0.15) is 5.75 Å². The summed E-state index contributed by atoms with van der Waals surface area (Å²) < 4.78 is 48.4. The van der Waals surface area contributed by atoms with Gasteiger partial charge < -0.3 is 13.9 Å². The molecule has 2 heterocycles. The van der Waals surface area contributed by atoms with Gasteiger partial charge in [0.2, 0.25) is 5.75 Å². The minimum atomic E-state index is -4.72. The Morgan fingerprint density at radius 2 is 1.67 bits per heavy atom. The summed E-state index contributed by atoms with van der Waals surface area (Å²) in [6.07, 6.45) is 0.528. The summed E-state index contributed by atoms with van der Waals surface area (Å²) in [6.45, 7) is 3.78. The van der Waals surface area contributed by atoms with Crippen molar-refractivity contribution in [2.45, 2.75) is 20.0 Å². The van der Waals surface area contributed by atoms with Gasteiger partial charge >= 0.3 is 11.9 Å². The third kappa shape index (κ3) is 6.17. The zero-order valence-electron chi connectivity index (χ0n) is 22.9. The molecule has 3 aromatic carbocycles. The van der Waals surface area contributed by atoms with E-state index in [2.05, 4.69) is 10.5 Å². The first-order valence-electron chi connectivity index (χ1n) is 12.9. The molecular weight excluding hydrogens is 563 g/mol. The van der Waals surface area contributed by atoms with Crippen LogP contribution in [0.3, 0.4) is 0 Å². The van der Waals surface area contributed by atoms with Crippen molar-refractivity contribution >= 4 is 17.8 Å². The topological polar surface area (TPSA) is 104 Å². The minimum Gasteiger partial charge on any atom is -0.450 e. The Balaban J connectivity index is 1.31. The molecular formula is C31H24F3N5O4. The third-order valence-electron chi connectivity index (χ3n) is 6.68. The normalized spacial score (nSPS) is 11.6. The number of hydrogen-bond donors (Lipinski definition) is 1. The molecule has 0 fully saturated rings. The Hall–Kier alpha value is -5.65. The molecule has 0 bridgehead atoms. The van der Waals surface area contributed by atoms with Gasteiger partial charge in [-0.05, 0) is 80.6 Å². The van der Waals surface area contributed by atoms with Crippen LogP contribution in [-0.2, 0) is 6.18 Å². The molecule has 0 aliphatic rings. The van der Waals surface area contributed by atoms with E-state index < -0.39 is 22.4 Å². The van der Waals surface area contributed by atoms with Crippen LogP contribution in [0.1, 0.15) is 32.9 Å². The maximum atomic E-state index is 13.0. The van der Waals surface area contributed by atoms with E-state index in [1.807, 2.05) is 65.7 Å². The van der Waals surface area contributed by atoms with E-state index in [9.17, 15) is 28.1 Å². The predicted molar refractivity (Wildman–Crippen MR) is 154 cm³/mol. The average Bonchev–Trinajstić information content (AvgIpc) is 3.61. The van der Waals surface area contributed by atoms with Crippen molar-refractivity contribution in [3.63, 3.8) is 0 Å². The number of benzene rings is 3. The molecule has 0 saturated carbocycles. The van der Waals surface area contributed by atoms with E-state index in [0.717, 1.165) is 40.5 Å². The number of nitro benzene ring substituents is 1. The summed E-state index contributed by atoms with van der Waals surface area (Å²) in [5.74, 6) is -0.465. The molecule has 218 valence electrons. The van der Waals surface area contributed by atoms with Crippen LogP contribution in [0.5, 0.6) is 11.5 Å². The maximum Gasteiger partial charge on any atom is 0.416 e. The van der Waals surface area contributed by atoms with Crippen molar-refractivity contribution in [2.75, 3.05) is 0 Å². The van der Waals surface area contributed by atoms with Gasteiger partial charge in [-0.2, -0.15) is 18.3 Å². The first-order valence-corrected chi connectivity index (χ1v) is 12.9. The lowest BCUT2D eigenvalue weighted by molar-refractivity contribution is -0.385. The van der Waals surface area contributed by atoms with Crippen molar-refractivity contribution in [3.05, 3.63) is 136 Å². The number of amides is 1. The highest BCUT2D eigenvalue weighted by atomic mass is 19.4. The van der Waals surface area contributed by atoms with Crippen molar-refractivity contribution in [2.24, 2.45) is 5.10 Å². The Kier molecular flexibility index (Phi) is 7.84. The van der Waals surface area contributed by atoms with Crippen LogP contribution in [0.2, 0.25) is 0 Å². The maximum absolute atomic E-state index is 13.0. The second-order valence-corrected chi connectivity index (χ2v) is 9.50. The fourth-order valence-corrected chi connectivity index (χ4v) is 4.64. The Bertz CT molecular complexity index is 1830. The van der Waals surface area contributed by atoms with Crippen LogP contribution in [0, 0.1) is 24.0 Å². The second-order valence-electron chi connectivity index (χ2n) is 9.50. The van der Waals surface area contributed by atoms with Gasteiger partial charge in [-0.15, -0.1) is 0 Å². The molecule has 2 aromatic heterocycles. The van der Waals surface area contributed by atoms with Gasteiger partial charge in [0.05, 0.1) is 28.0 Å². The van der Waals surface area contributed by atoms with Gasteiger partial charge in [-0.1, -0.05) is 12.1 Å². The first-order chi connectivity index (χ1) is 20.5. The Labute approximate surface area is 243 Å². The summed E-state index contributed by atoms with van der Waals surface area (Å²) >= 11 is 0. The van der Waals surface area contributed by atoms with E-state index in [1.165, 1.54) is 0 Å². The summed E-state index contributed by atoms with van der Waals surface area (Å²) in [4.78, 5) is 23.3. The Morgan fingerprint density at radius 3 is 2.35 bits per heavy atom. The summed E-state index contributed by atoms with van der Waals surface area (Å²) in [5, 5.41) is 15.5. The zero-order valence-corrected chi connectivity index (χ0v) is 22.9. The quantitative estimate of drug-likeness (QED) is 0.116. The third-order valence-corrected chi connectivity index (χ3v) is 6.68. The number of ether oxygens (including phenoxy) is 1. The summed E-state index contributed by atoms with van der Waals surface area (Å²) in [6, 6.07) is 21.5. The number of carbonyl (C=O) groups is 1. The molecule has 5 rings (SSSR count). The monoisotopic (exact) mass is 587 g/mol. The number of nitrogens with zero attached hydrogens (tertiary/aromatic N) is 4. The number of para-hydroxylation sites is 1. The molecule has 0 saturated heterocycles. The molecule has 0 aliphatic carbocycles. The molecule has 0 aliphatic heterocycles. The molecule has 0 atom stereocenters. The largest absolute Gasteiger partial charge is 0.450 e. The lowest BCUT2D eigenvalue weighted by Gasteiger charge is -2.12. The number of carbonyl (C=O) groups excluding carboxylic acids is 1. The number of aromatic nitrogens is 2. The Morgan fingerprint density at radius 1 is 0.977 bits per heavy atom. The van der Waals surface area contributed by atoms with Crippen molar-refractivity contribution in [1.82, 2.24) is 14.6 Å². The SMILES string of the molecule is Cc1cc(/C=N\NC(=O)c2ccccc2-n2cccc2)c(C)n1-c1ccc(Oc2ccc(C(F)(F)F)cc2[N+](=O)[O-])cc1. The van der Waals surface area contributed by atoms with E-state index in [1.54, 1.807) is 42.6 Å². The van der Waals surface area contributed by atoms with Crippen LogP contribution >= 0.6 is 0 Å². The van der Waals surface area contributed by atoms with Gasteiger partial charge in [-0.25, -0.2) is 5.43 Å².